The fourth-order valence-electron chi connectivity index (χ4n) is 2.03. The molecule has 0 radical (unpaired) electrons. The molecule has 4 rings (SSSR count). The Kier molecular flexibility index (Phi) is 3.16. The molecule has 0 fully saturated rings. The molecule has 0 amide bonds. The second kappa shape index (κ2) is 5.33. The third-order valence-corrected chi connectivity index (χ3v) is 3.28. The molecular formula is C14H8ClFN6O. The number of aromatic nitrogens is 5. The van der Waals surface area contributed by atoms with Crippen molar-refractivity contribution in [1.29, 1.82) is 0 Å². The number of H-pyrrole nitrogens is 1. The van der Waals surface area contributed by atoms with E-state index >= 15 is 0 Å². The first kappa shape index (κ1) is 13.6. The Bertz CT molecular complexity index is 981. The van der Waals surface area contributed by atoms with E-state index in [4.69, 9.17) is 16.0 Å². The highest BCUT2D eigenvalue weighted by Crippen LogP contribution is 2.23. The van der Waals surface area contributed by atoms with Crippen LogP contribution in [0.4, 0.5) is 16.4 Å². The summed E-state index contributed by atoms with van der Waals surface area (Å²) >= 11 is 5.82. The van der Waals surface area contributed by atoms with Crippen LogP contribution in [-0.4, -0.2) is 25.1 Å². The molecule has 114 valence electrons. The van der Waals surface area contributed by atoms with Crippen molar-refractivity contribution in [3.63, 3.8) is 0 Å². The van der Waals surface area contributed by atoms with Gasteiger partial charge in [-0.25, -0.2) is 14.4 Å². The Morgan fingerprint density at radius 2 is 2.00 bits per heavy atom. The van der Waals surface area contributed by atoms with Crippen molar-refractivity contribution in [1.82, 2.24) is 25.1 Å². The topological polar surface area (TPSA) is 92.5 Å². The van der Waals surface area contributed by atoms with Crippen molar-refractivity contribution >= 4 is 34.6 Å². The van der Waals surface area contributed by atoms with Gasteiger partial charge < -0.3 is 9.40 Å². The number of imidazole rings is 1. The van der Waals surface area contributed by atoms with Crippen LogP contribution >= 0.6 is 11.6 Å². The van der Waals surface area contributed by atoms with Crippen LogP contribution < -0.4 is 5.32 Å². The molecule has 2 N–H and O–H groups in total. The number of halogens is 2. The van der Waals surface area contributed by atoms with Gasteiger partial charge in [-0.1, -0.05) is 16.7 Å². The maximum absolute atomic E-state index is 12.9. The Hall–Kier alpha value is -3.00. The molecule has 0 aliphatic rings. The first-order chi connectivity index (χ1) is 11.2. The summed E-state index contributed by atoms with van der Waals surface area (Å²) in [5.41, 5.74) is 1.99. The number of fused-ring (bicyclic) bond motifs is 1. The summed E-state index contributed by atoms with van der Waals surface area (Å²) in [6, 6.07) is 7.57. The number of pyridine rings is 1. The van der Waals surface area contributed by atoms with E-state index in [-0.39, 0.29) is 17.7 Å². The smallest absolute Gasteiger partial charge is 0.322 e. The van der Waals surface area contributed by atoms with E-state index in [0.717, 1.165) is 5.52 Å². The van der Waals surface area contributed by atoms with E-state index in [1.807, 2.05) is 0 Å². The lowest BCUT2D eigenvalue weighted by Crippen LogP contribution is -1.91. The summed E-state index contributed by atoms with van der Waals surface area (Å²) in [5, 5.41) is 11.0. The third kappa shape index (κ3) is 2.71. The minimum absolute atomic E-state index is 0.155. The van der Waals surface area contributed by atoms with E-state index < -0.39 is 0 Å². The number of hydrogen-bond acceptors (Lipinski definition) is 6. The zero-order valence-corrected chi connectivity index (χ0v) is 12.2. The Morgan fingerprint density at radius 3 is 2.83 bits per heavy atom. The van der Waals surface area contributed by atoms with E-state index in [1.165, 1.54) is 12.1 Å². The predicted molar refractivity (Wildman–Crippen MR) is 81.9 cm³/mol. The maximum Gasteiger partial charge on any atom is 0.322 e. The fourth-order valence-corrected chi connectivity index (χ4v) is 2.19. The number of hydrogen-bond donors (Lipinski definition) is 2. The van der Waals surface area contributed by atoms with Crippen LogP contribution in [0.2, 0.25) is 5.15 Å². The second-order valence-electron chi connectivity index (χ2n) is 4.65. The zero-order chi connectivity index (χ0) is 15.8. The van der Waals surface area contributed by atoms with Crippen molar-refractivity contribution in [2.75, 3.05) is 5.32 Å². The van der Waals surface area contributed by atoms with Gasteiger partial charge in [0.25, 0.3) is 0 Å². The van der Waals surface area contributed by atoms with E-state index in [1.54, 1.807) is 24.4 Å². The third-order valence-electron chi connectivity index (χ3n) is 3.08. The molecule has 1 aromatic carbocycles. The SMILES string of the molecule is Fc1ccc(-c2nnc(Nc3nc4cnc(Cl)cc4[nH]3)o2)cc1. The molecule has 3 heterocycles. The van der Waals surface area contributed by atoms with Gasteiger partial charge >= 0.3 is 6.01 Å². The highest BCUT2D eigenvalue weighted by Gasteiger charge is 2.11. The standard InChI is InChI=1S/C14H8ClFN6O/c15-11-5-9-10(6-17-11)19-13(18-9)20-14-22-21-12(23-14)7-1-3-8(16)4-2-7/h1-6H,(H2,18,19,20,22). The quantitative estimate of drug-likeness (QED) is 0.558. The molecule has 9 heteroatoms. The summed E-state index contributed by atoms with van der Waals surface area (Å²) in [4.78, 5) is 11.2. The molecule has 4 aromatic rings. The molecule has 0 bridgehead atoms. The summed E-state index contributed by atoms with van der Waals surface area (Å²) in [7, 11) is 0. The number of nitrogens with one attached hydrogen (secondary N) is 2. The number of aromatic amines is 1. The molecule has 0 aliphatic carbocycles. The van der Waals surface area contributed by atoms with Crippen molar-refractivity contribution in [2.24, 2.45) is 0 Å². The fraction of sp³-hybridized carbons (Fsp3) is 0. The van der Waals surface area contributed by atoms with Crippen molar-refractivity contribution in [3.8, 4) is 11.5 Å². The Balaban J connectivity index is 1.60. The van der Waals surface area contributed by atoms with E-state index in [9.17, 15) is 4.39 Å². The summed E-state index contributed by atoms with van der Waals surface area (Å²) < 4.78 is 18.4. The van der Waals surface area contributed by atoms with E-state index in [0.29, 0.717) is 22.2 Å². The normalized spacial score (nSPS) is 11.0. The van der Waals surface area contributed by atoms with E-state index in [2.05, 4.69) is 30.5 Å². The minimum atomic E-state index is -0.332. The molecule has 23 heavy (non-hydrogen) atoms. The average Bonchev–Trinajstić information content (AvgIpc) is 3.14. The van der Waals surface area contributed by atoms with Crippen molar-refractivity contribution < 1.29 is 8.81 Å². The van der Waals surface area contributed by atoms with Crippen molar-refractivity contribution in [3.05, 3.63) is 47.5 Å². The zero-order valence-electron chi connectivity index (χ0n) is 11.4. The molecule has 3 aromatic heterocycles. The first-order valence-corrected chi connectivity index (χ1v) is 6.93. The lowest BCUT2D eigenvalue weighted by Gasteiger charge is -1.95. The Morgan fingerprint density at radius 1 is 1.17 bits per heavy atom. The summed E-state index contributed by atoms with van der Waals surface area (Å²) in [6.07, 6.45) is 1.55. The molecule has 0 unspecified atom stereocenters. The number of benzene rings is 1. The molecule has 0 spiro atoms. The number of rotatable bonds is 3. The van der Waals surface area contributed by atoms with Gasteiger partial charge in [-0.2, -0.15) is 0 Å². The van der Waals surface area contributed by atoms with Crippen LogP contribution in [0.15, 0.2) is 40.9 Å². The monoisotopic (exact) mass is 330 g/mol. The van der Waals surface area contributed by atoms with Gasteiger partial charge in [-0.05, 0) is 24.3 Å². The van der Waals surface area contributed by atoms with Gasteiger partial charge in [0.05, 0.1) is 11.7 Å². The molecule has 0 atom stereocenters. The molecule has 0 saturated carbocycles. The molecular weight excluding hydrogens is 323 g/mol. The average molecular weight is 331 g/mol. The Labute approximate surface area is 133 Å². The minimum Gasteiger partial charge on any atom is -0.403 e. The van der Waals surface area contributed by atoms with Gasteiger partial charge in [-0.15, -0.1) is 5.10 Å². The molecule has 7 nitrogen and oxygen atoms in total. The lowest BCUT2D eigenvalue weighted by atomic mass is 10.2. The van der Waals surface area contributed by atoms with Crippen LogP contribution in [0.1, 0.15) is 0 Å². The summed E-state index contributed by atoms with van der Waals surface area (Å²) in [6.45, 7) is 0. The second-order valence-corrected chi connectivity index (χ2v) is 5.04. The first-order valence-electron chi connectivity index (χ1n) is 6.55. The van der Waals surface area contributed by atoms with Crippen LogP contribution in [0.3, 0.4) is 0 Å². The highest BCUT2D eigenvalue weighted by atomic mass is 35.5. The lowest BCUT2D eigenvalue weighted by molar-refractivity contribution is 0.586. The maximum atomic E-state index is 12.9. The van der Waals surface area contributed by atoms with Crippen molar-refractivity contribution in [2.45, 2.75) is 0 Å². The molecule has 0 saturated heterocycles. The predicted octanol–water partition coefficient (Wildman–Crippen LogP) is 3.54. The van der Waals surface area contributed by atoms with Gasteiger partial charge in [-0.3, -0.25) is 5.32 Å². The van der Waals surface area contributed by atoms with Gasteiger partial charge in [0.2, 0.25) is 11.8 Å². The van der Waals surface area contributed by atoms with Gasteiger partial charge in [0.1, 0.15) is 16.5 Å². The van der Waals surface area contributed by atoms with Crippen LogP contribution in [0.25, 0.3) is 22.5 Å². The highest BCUT2D eigenvalue weighted by molar-refractivity contribution is 6.29. The summed E-state index contributed by atoms with van der Waals surface area (Å²) in [5.74, 6) is 0.354. The van der Waals surface area contributed by atoms with Crippen LogP contribution in [-0.2, 0) is 0 Å². The van der Waals surface area contributed by atoms with Gasteiger partial charge in [0, 0.05) is 11.6 Å². The number of nitrogens with zero attached hydrogens (tertiary/aromatic N) is 4. The molecule has 0 aliphatic heterocycles. The van der Waals surface area contributed by atoms with Crippen LogP contribution in [0.5, 0.6) is 0 Å². The largest absolute Gasteiger partial charge is 0.403 e. The number of anilines is 2. The van der Waals surface area contributed by atoms with Crippen LogP contribution in [0, 0.1) is 5.82 Å². The van der Waals surface area contributed by atoms with Gasteiger partial charge in [0.15, 0.2) is 0 Å².